The summed E-state index contributed by atoms with van der Waals surface area (Å²) in [6.07, 6.45) is 8.93. The van der Waals surface area contributed by atoms with Gasteiger partial charge in [0.2, 0.25) is 0 Å². The van der Waals surface area contributed by atoms with Crippen molar-refractivity contribution in [2.24, 2.45) is 5.92 Å². The van der Waals surface area contributed by atoms with E-state index >= 15 is 0 Å². The molecule has 14 heavy (non-hydrogen) atoms. The van der Waals surface area contributed by atoms with E-state index in [1.807, 2.05) is 41.5 Å². The van der Waals surface area contributed by atoms with Crippen molar-refractivity contribution in [2.45, 2.75) is 87.0 Å². The summed E-state index contributed by atoms with van der Waals surface area (Å²) in [6.45, 7) is 14.3. The minimum absolute atomic E-state index is 1.09. The summed E-state index contributed by atoms with van der Waals surface area (Å²) in [6, 6.07) is 0. The third-order valence-electron chi connectivity index (χ3n) is 2.30. The first-order chi connectivity index (χ1) is 6.93. The van der Waals surface area contributed by atoms with Crippen molar-refractivity contribution in [3.05, 3.63) is 0 Å². The van der Waals surface area contributed by atoms with Crippen LogP contribution in [-0.4, -0.2) is 0 Å². The molecule has 1 aliphatic carbocycles. The van der Waals surface area contributed by atoms with Gasteiger partial charge in [-0.15, -0.1) is 0 Å². The van der Waals surface area contributed by atoms with Gasteiger partial charge in [0.05, 0.1) is 0 Å². The molecule has 1 rings (SSSR count). The highest BCUT2D eigenvalue weighted by Crippen LogP contribution is 2.25. The van der Waals surface area contributed by atoms with Crippen molar-refractivity contribution in [1.29, 1.82) is 0 Å². The fourth-order valence-corrected chi connectivity index (χ4v) is 1.60. The first-order valence-electron chi connectivity index (χ1n) is 6.93. The molecule has 1 aliphatic rings. The smallest absolute Gasteiger partial charge is 0.0417 e. The fourth-order valence-electron chi connectivity index (χ4n) is 1.60. The van der Waals surface area contributed by atoms with Crippen LogP contribution in [0.1, 0.15) is 87.0 Å². The zero-order valence-corrected chi connectivity index (χ0v) is 11.8. The normalized spacial score (nSPS) is 14.8. The molecule has 0 unspecified atom stereocenters. The van der Waals surface area contributed by atoms with Crippen molar-refractivity contribution in [3.63, 3.8) is 0 Å². The molecule has 0 aromatic heterocycles. The van der Waals surface area contributed by atoms with Crippen LogP contribution in [0.4, 0.5) is 0 Å². The van der Waals surface area contributed by atoms with Crippen LogP contribution in [0.2, 0.25) is 0 Å². The summed E-state index contributed by atoms with van der Waals surface area (Å²) in [5, 5.41) is 0. The predicted octanol–water partition coefficient (Wildman–Crippen LogP) is 6.06. The van der Waals surface area contributed by atoms with Gasteiger partial charge in [-0.05, 0) is 5.92 Å². The van der Waals surface area contributed by atoms with E-state index in [0.29, 0.717) is 0 Å². The maximum Gasteiger partial charge on any atom is -0.0417 e. The van der Waals surface area contributed by atoms with Gasteiger partial charge in [-0.25, -0.2) is 0 Å². The van der Waals surface area contributed by atoms with Crippen LogP contribution in [0.15, 0.2) is 0 Å². The third kappa shape index (κ3) is 14.5. The van der Waals surface area contributed by atoms with Gasteiger partial charge in [0.15, 0.2) is 0 Å². The maximum absolute atomic E-state index is 2.32. The summed E-state index contributed by atoms with van der Waals surface area (Å²) in [7, 11) is 0. The van der Waals surface area contributed by atoms with Gasteiger partial charge in [-0.2, -0.15) is 0 Å². The van der Waals surface area contributed by atoms with E-state index < -0.39 is 0 Å². The average Bonchev–Trinajstić information content (AvgIpc) is 2.37. The lowest BCUT2D eigenvalue weighted by molar-refractivity contribution is 0.349. The van der Waals surface area contributed by atoms with Crippen LogP contribution in [0.3, 0.4) is 0 Å². The highest BCUT2D eigenvalue weighted by molar-refractivity contribution is 4.63. The molecule has 0 radical (unpaired) electrons. The minimum atomic E-state index is 1.09. The van der Waals surface area contributed by atoms with Gasteiger partial charge in [0.25, 0.3) is 0 Å². The summed E-state index contributed by atoms with van der Waals surface area (Å²) in [5.41, 5.74) is 0. The molecular weight excluding hydrogens is 168 g/mol. The van der Waals surface area contributed by atoms with Crippen molar-refractivity contribution in [2.75, 3.05) is 0 Å². The average molecular weight is 202 g/mol. The van der Waals surface area contributed by atoms with E-state index in [4.69, 9.17) is 0 Å². The van der Waals surface area contributed by atoms with E-state index in [2.05, 4.69) is 6.92 Å². The van der Waals surface area contributed by atoms with E-state index in [1.165, 1.54) is 38.5 Å². The predicted molar refractivity (Wildman–Crippen MR) is 70.9 cm³/mol. The second-order valence-corrected chi connectivity index (χ2v) is 2.91. The van der Waals surface area contributed by atoms with E-state index in [1.54, 1.807) is 0 Å². The lowest BCUT2D eigenvalue weighted by atomic mass is 9.88. The monoisotopic (exact) mass is 202 g/mol. The van der Waals surface area contributed by atoms with Crippen LogP contribution in [-0.2, 0) is 0 Å². The molecule has 0 spiro atoms. The summed E-state index contributed by atoms with van der Waals surface area (Å²) in [5.74, 6) is 1.09. The Morgan fingerprint density at radius 1 is 0.714 bits per heavy atom. The third-order valence-corrected chi connectivity index (χ3v) is 2.30. The van der Waals surface area contributed by atoms with Crippen molar-refractivity contribution in [1.82, 2.24) is 0 Å². The molecule has 0 heteroatoms. The Labute approximate surface area is 93.5 Å². The second-order valence-electron chi connectivity index (χ2n) is 2.91. The summed E-state index contributed by atoms with van der Waals surface area (Å²) >= 11 is 0. The van der Waals surface area contributed by atoms with Crippen LogP contribution in [0.25, 0.3) is 0 Å². The highest BCUT2D eigenvalue weighted by atomic mass is 14.2. The molecule has 0 amide bonds. The van der Waals surface area contributed by atoms with Crippen LogP contribution in [0.5, 0.6) is 0 Å². The van der Waals surface area contributed by atoms with Crippen LogP contribution >= 0.6 is 0 Å². The van der Waals surface area contributed by atoms with E-state index in [9.17, 15) is 0 Å². The first-order valence-corrected chi connectivity index (χ1v) is 6.93. The number of rotatable bonds is 1. The zero-order valence-electron chi connectivity index (χ0n) is 11.8. The standard InChI is InChI=1S/C8H16.3C2H6/c1-2-8-6-4-3-5-7-8;3*1-2/h8H,2-7H2,1H3;3*1-2H3. The van der Waals surface area contributed by atoms with Crippen molar-refractivity contribution >= 4 is 0 Å². The molecule has 90 valence electrons. The molecule has 1 fully saturated rings. The van der Waals surface area contributed by atoms with Crippen LogP contribution in [0, 0.1) is 5.92 Å². The molecule has 0 heterocycles. The maximum atomic E-state index is 2.32. The molecule has 0 aromatic rings. The Morgan fingerprint density at radius 3 is 1.29 bits per heavy atom. The molecule has 0 nitrogen and oxygen atoms in total. The SMILES string of the molecule is CC.CC.CC.CCC1CCCCC1. The molecule has 0 atom stereocenters. The Bertz CT molecular complexity index is 51.1. The van der Waals surface area contributed by atoms with Crippen molar-refractivity contribution in [3.8, 4) is 0 Å². The van der Waals surface area contributed by atoms with Gasteiger partial charge in [0, 0.05) is 0 Å². The zero-order chi connectivity index (χ0) is 11.8. The Kier molecular flexibility index (Phi) is 32.3. The molecule has 0 aromatic carbocycles. The lowest BCUT2D eigenvalue weighted by Gasteiger charge is -2.18. The summed E-state index contributed by atoms with van der Waals surface area (Å²) < 4.78 is 0. The minimum Gasteiger partial charge on any atom is -0.0683 e. The number of hydrogen-bond acceptors (Lipinski definition) is 0. The summed E-state index contributed by atoms with van der Waals surface area (Å²) in [4.78, 5) is 0. The van der Waals surface area contributed by atoms with E-state index in [-0.39, 0.29) is 0 Å². The second kappa shape index (κ2) is 23.1. The van der Waals surface area contributed by atoms with Crippen LogP contribution < -0.4 is 0 Å². The van der Waals surface area contributed by atoms with Gasteiger partial charge < -0.3 is 0 Å². The molecular formula is C14H34. The molecule has 0 N–H and O–H groups in total. The van der Waals surface area contributed by atoms with Gasteiger partial charge in [-0.1, -0.05) is 87.0 Å². The van der Waals surface area contributed by atoms with Gasteiger partial charge >= 0.3 is 0 Å². The fraction of sp³-hybridized carbons (Fsp3) is 1.00. The molecule has 0 saturated heterocycles. The first kappa shape index (κ1) is 19.6. The Hall–Kier alpha value is 0. The quantitative estimate of drug-likeness (QED) is 0.485. The van der Waals surface area contributed by atoms with Gasteiger partial charge in [-0.3, -0.25) is 0 Å². The lowest BCUT2D eigenvalue weighted by Crippen LogP contribution is -2.03. The Balaban J connectivity index is -0.000000174. The topological polar surface area (TPSA) is 0 Å². The number of hydrogen-bond donors (Lipinski definition) is 0. The largest absolute Gasteiger partial charge is 0.0683 e. The van der Waals surface area contributed by atoms with Crippen molar-refractivity contribution < 1.29 is 0 Å². The Morgan fingerprint density at radius 2 is 1.07 bits per heavy atom. The molecule has 0 bridgehead atoms. The molecule has 0 aliphatic heterocycles. The molecule has 1 saturated carbocycles. The van der Waals surface area contributed by atoms with Gasteiger partial charge in [0.1, 0.15) is 0 Å². The van der Waals surface area contributed by atoms with E-state index in [0.717, 1.165) is 5.92 Å². The highest BCUT2D eigenvalue weighted by Gasteiger charge is 2.09.